The standard InChI is InChI=1S/C23H26FN3O3/c1-16-8-9-18(14-17(16)2)22(29)25-15-21(28)26-10-5-11-27(13-12-26)23(30)19-6-3-4-7-20(19)24/h3-4,6-9,14H,5,10-13,15H2,1-2H3,(H,25,29). The van der Waals surface area contributed by atoms with Crippen molar-refractivity contribution < 1.29 is 18.8 Å². The number of amides is 3. The zero-order valence-electron chi connectivity index (χ0n) is 17.3. The van der Waals surface area contributed by atoms with Crippen LogP contribution in [0.2, 0.25) is 0 Å². The van der Waals surface area contributed by atoms with Crippen LogP contribution in [-0.2, 0) is 4.79 Å². The molecular weight excluding hydrogens is 385 g/mol. The summed E-state index contributed by atoms with van der Waals surface area (Å²) in [5, 5.41) is 2.67. The summed E-state index contributed by atoms with van der Waals surface area (Å²) < 4.78 is 13.9. The minimum Gasteiger partial charge on any atom is -0.343 e. The van der Waals surface area contributed by atoms with Gasteiger partial charge in [0.2, 0.25) is 5.91 Å². The molecule has 1 N–H and O–H groups in total. The van der Waals surface area contributed by atoms with Gasteiger partial charge in [-0.2, -0.15) is 0 Å². The van der Waals surface area contributed by atoms with Gasteiger partial charge >= 0.3 is 0 Å². The fourth-order valence-corrected chi connectivity index (χ4v) is 3.43. The number of aryl methyl sites for hydroxylation is 2. The number of nitrogens with one attached hydrogen (secondary N) is 1. The van der Waals surface area contributed by atoms with Crippen molar-refractivity contribution in [1.29, 1.82) is 0 Å². The maximum absolute atomic E-state index is 13.9. The van der Waals surface area contributed by atoms with Gasteiger partial charge in [-0.1, -0.05) is 18.2 Å². The fraction of sp³-hybridized carbons (Fsp3) is 0.348. The Morgan fingerprint density at radius 1 is 0.933 bits per heavy atom. The third-order valence-corrected chi connectivity index (χ3v) is 5.41. The number of carbonyl (C=O) groups excluding carboxylic acids is 3. The van der Waals surface area contributed by atoms with Crippen molar-refractivity contribution in [3.05, 3.63) is 70.5 Å². The number of hydrogen-bond donors (Lipinski definition) is 1. The van der Waals surface area contributed by atoms with E-state index in [1.807, 2.05) is 19.9 Å². The van der Waals surface area contributed by atoms with Crippen LogP contribution >= 0.6 is 0 Å². The SMILES string of the molecule is Cc1ccc(C(=O)NCC(=O)N2CCCN(C(=O)c3ccccc3F)CC2)cc1C. The molecule has 158 valence electrons. The maximum Gasteiger partial charge on any atom is 0.256 e. The van der Waals surface area contributed by atoms with E-state index < -0.39 is 5.82 Å². The van der Waals surface area contributed by atoms with E-state index in [-0.39, 0.29) is 29.8 Å². The molecule has 1 heterocycles. The van der Waals surface area contributed by atoms with E-state index in [4.69, 9.17) is 0 Å². The Labute approximate surface area is 175 Å². The van der Waals surface area contributed by atoms with Gasteiger partial charge in [0.1, 0.15) is 5.82 Å². The van der Waals surface area contributed by atoms with Crippen LogP contribution in [0.25, 0.3) is 0 Å². The van der Waals surface area contributed by atoms with Gasteiger partial charge in [-0.15, -0.1) is 0 Å². The highest BCUT2D eigenvalue weighted by molar-refractivity contribution is 5.97. The van der Waals surface area contributed by atoms with Gasteiger partial charge < -0.3 is 15.1 Å². The van der Waals surface area contributed by atoms with E-state index in [1.54, 1.807) is 34.1 Å². The summed E-state index contributed by atoms with van der Waals surface area (Å²) in [6.45, 7) is 5.41. The molecule has 0 unspecified atom stereocenters. The van der Waals surface area contributed by atoms with Crippen LogP contribution in [0.4, 0.5) is 4.39 Å². The summed E-state index contributed by atoms with van der Waals surface area (Å²) in [4.78, 5) is 40.7. The Hall–Kier alpha value is -3.22. The van der Waals surface area contributed by atoms with Crippen molar-refractivity contribution in [1.82, 2.24) is 15.1 Å². The normalized spacial score (nSPS) is 14.2. The zero-order valence-corrected chi connectivity index (χ0v) is 17.3. The second-order valence-corrected chi connectivity index (χ2v) is 7.49. The molecule has 0 atom stereocenters. The van der Waals surface area contributed by atoms with Crippen LogP contribution in [0.3, 0.4) is 0 Å². The number of rotatable bonds is 4. The molecule has 7 heteroatoms. The Bertz CT molecular complexity index is 960. The average Bonchev–Trinajstić information content (AvgIpc) is 3.00. The number of benzene rings is 2. The molecule has 2 aromatic carbocycles. The van der Waals surface area contributed by atoms with Crippen molar-refractivity contribution in [2.24, 2.45) is 0 Å². The Kier molecular flexibility index (Phi) is 6.82. The van der Waals surface area contributed by atoms with Crippen LogP contribution < -0.4 is 5.32 Å². The molecule has 6 nitrogen and oxygen atoms in total. The molecule has 30 heavy (non-hydrogen) atoms. The first-order chi connectivity index (χ1) is 14.4. The van der Waals surface area contributed by atoms with Gasteiger partial charge in [0.25, 0.3) is 11.8 Å². The first-order valence-electron chi connectivity index (χ1n) is 10.0. The minimum atomic E-state index is -0.547. The molecule has 0 radical (unpaired) electrons. The first kappa shape index (κ1) is 21.5. The van der Waals surface area contributed by atoms with Crippen LogP contribution in [0.1, 0.15) is 38.3 Å². The Balaban J connectivity index is 1.54. The Morgan fingerprint density at radius 2 is 1.63 bits per heavy atom. The van der Waals surface area contributed by atoms with Gasteiger partial charge in [0, 0.05) is 31.7 Å². The average molecular weight is 411 g/mol. The largest absolute Gasteiger partial charge is 0.343 e. The molecule has 0 aromatic heterocycles. The second-order valence-electron chi connectivity index (χ2n) is 7.49. The van der Waals surface area contributed by atoms with E-state index >= 15 is 0 Å². The first-order valence-corrected chi connectivity index (χ1v) is 10.0. The molecule has 3 rings (SSSR count). The quantitative estimate of drug-likeness (QED) is 0.841. The van der Waals surface area contributed by atoms with Gasteiger partial charge in [0.15, 0.2) is 0 Å². The third-order valence-electron chi connectivity index (χ3n) is 5.41. The van der Waals surface area contributed by atoms with Crippen molar-refractivity contribution in [3.8, 4) is 0 Å². The van der Waals surface area contributed by atoms with E-state index in [0.29, 0.717) is 38.2 Å². The van der Waals surface area contributed by atoms with Gasteiger partial charge in [-0.05, 0) is 55.7 Å². The van der Waals surface area contributed by atoms with Gasteiger partial charge in [-0.3, -0.25) is 14.4 Å². The minimum absolute atomic E-state index is 0.0398. The maximum atomic E-state index is 13.9. The molecule has 1 fully saturated rings. The molecule has 1 aliphatic rings. The topological polar surface area (TPSA) is 69.7 Å². The van der Waals surface area contributed by atoms with Gasteiger partial charge in [0.05, 0.1) is 12.1 Å². The van der Waals surface area contributed by atoms with Crippen LogP contribution in [0, 0.1) is 19.7 Å². The van der Waals surface area contributed by atoms with Crippen LogP contribution in [-0.4, -0.2) is 60.2 Å². The van der Waals surface area contributed by atoms with E-state index in [2.05, 4.69) is 5.32 Å². The monoisotopic (exact) mass is 411 g/mol. The summed E-state index contributed by atoms with van der Waals surface area (Å²) >= 11 is 0. The van der Waals surface area contributed by atoms with Crippen molar-refractivity contribution in [3.63, 3.8) is 0 Å². The highest BCUT2D eigenvalue weighted by atomic mass is 19.1. The molecule has 0 saturated carbocycles. The predicted molar refractivity (Wildman–Crippen MR) is 112 cm³/mol. The van der Waals surface area contributed by atoms with Crippen molar-refractivity contribution in [2.45, 2.75) is 20.3 Å². The number of carbonyl (C=O) groups is 3. The van der Waals surface area contributed by atoms with E-state index in [1.165, 1.54) is 12.1 Å². The lowest BCUT2D eigenvalue weighted by molar-refractivity contribution is -0.129. The van der Waals surface area contributed by atoms with Crippen LogP contribution in [0.15, 0.2) is 42.5 Å². The van der Waals surface area contributed by atoms with Crippen molar-refractivity contribution >= 4 is 17.7 Å². The zero-order chi connectivity index (χ0) is 21.7. The molecule has 0 spiro atoms. The summed E-state index contributed by atoms with van der Waals surface area (Å²) in [6.07, 6.45) is 0.594. The third kappa shape index (κ3) is 5.03. The molecular formula is C23H26FN3O3. The molecule has 1 saturated heterocycles. The molecule has 1 aliphatic heterocycles. The molecule has 3 amide bonds. The number of hydrogen-bond acceptors (Lipinski definition) is 3. The predicted octanol–water partition coefficient (Wildman–Crippen LogP) is 2.55. The molecule has 0 aliphatic carbocycles. The lowest BCUT2D eigenvalue weighted by Crippen LogP contribution is -2.42. The second kappa shape index (κ2) is 9.52. The summed E-state index contributed by atoms with van der Waals surface area (Å²) in [6, 6.07) is 11.3. The highest BCUT2D eigenvalue weighted by Gasteiger charge is 2.24. The summed E-state index contributed by atoms with van der Waals surface area (Å²) in [5.74, 6) is -1.41. The smallest absolute Gasteiger partial charge is 0.256 e. The summed E-state index contributed by atoms with van der Waals surface area (Å²) in [7, 11) is 0. The van der Waals surface area contributed by atoms with Crippen molar-refractivity contribution in [2.75, 3.05) is 32.7 Å². The number of halogens is 1. The Morgan fingerprint density at radius 3 is 2.37 bits per heavy atom. The van der Waals surface area contributed by atoms with Gasteiger partial charge in [-0.25, -0.2) is 4.39 Å². The van der Waals surface area contributed by atoms with E-state index in [0.717, 1.165) is 11.1 Å². The van der Waals surface area contributed by atoms with Crippen LogP contribution in [0.5, 0.6) is 0 Å². The lowest BCUT2D eigenvalue weighted by atomic mass is 10.1. The van der Waals surface area contributed by atoms with E-state index in [9.17, 15) is 18.8 Å². The highest BCUT2D eigenvalue weighted by Crippen LogP contribution is 2.13. The fourth-order valence-electron chi connectivity index (χ4n) is 3.43. The lowest BCUT2D eigenvalue weighted by Gasteiger charge is -2.22. The molecule has 2 aromatic rings. The summed E-state index contributed by atoms with van der Waals surface area (Å²) in [5.41, 5.74) is 2.67. The number of nitrogens with zero attached hydrogens (tertiary/aromatic N) is 2. The molecule has 0 bridgehead atoms.